The Kier molecular flexibility index (Phi) is 6.12. The molecule has 1 fully saturated rings. The van der Waals surface area contributed by atoms with Crippen molar-refractivity contribution in [2.75, 3.05) is 24.2 Å². The van der Waals surface area contributed by atoms with Crippen LogP contribution in [0.1, 0.15) is 24.8 Å². The molecular formula is C20H26N2O4S2. The van der Waals surface area contributed by atoms with Crippen molar-refractivity contribution in [3.05, 3.63) is 54.1 Å². The minimum atomic E-state index is -3.96. The van der Waals surface area contributed by atoms with Crippen molar-refractivity contribution in [2.45, 2.75) is 35.5 Å². The standard InChI is InChI=1S/C20H26N2O4S2/c1-27(23,24)20-15-18(28(21,25)26)9-10-19(20)22-13-11-17(12-14-22)8-7-16-5-3-2-4-6-16/h2-6,9-10,15,17H,7-8,11-14H2,1H3,(H2,21,25,26). The zero-order chi connectivity index (χ0) is 20.4. The van der Waals surface area contributed by atoms with Crippen molar-refractivity contribution in [1.82, 2.24) is 0 Å². The maximum atomic E-state index is 12.2. The number of rotatable bonds is 6. The van der Waals surface area contributed by atoms with E-state index in [-0.39, 0.29) is 9.79 Å². The zero-order valence-corrected chi connectivity index (χ0v) is 17.5. The molecule has 0 saturated carbocycles. The lowest BCUT2D eigenvalue weighted by atomic mass is 9.90. The molecule has 3 rings (SSSR count). The molecule has 1 heterocycles. The summed E-state index contributed by atoms with van der Waals surface area (Å²) >= 11 is 0. The van der Waals surface area contributed by atoms with Gasteiger partial charge in [0.1, 0.15) is 0 Å². The van der Waals surface area contributed by atoms with Crippen molar-refractivity contribution in [2.24, 2.45) is 11.1 Å². The summed E-state index contributed by atoms with van der Waals surface area (Å²) in [5, 5.41) is 5.16. The molecule has 0 amide bonds. The Hall–Kier alpha value is -1.90. The van der Waals surface area contributed by atoms with E-state index >= 15 is 0 Å². The molecule has 0 atom stereocenters. The number of sulfone groups is 1. The van der Waals surface area contributed by atoms with Crippen LogP contribution in [0.2, 0.25) is 0 Å². The molecule has 2 N–H and O–H groups in total. The van der Waals surface area contributed by atoms with Crippen molar-refractivity contribution in [1.29, 1.82) is 0 Å². The van der Waals surface area contributed by atoms with E-state index in [2.05, 4.69) is 24.3 Å². The highest BCUT2D eigenvalue weighted by molar-refractivity contribution is 7.91. The lowest BCUT2D eigenvalue weighted by molar-refractivity contribution is 0.381. The number of benzene rings is 2. The number of nitrogens with two attached hydrogens (primary N) is 1. The first kappa shape index (κ1) is 20.8. The number of primary sulfonamides is 1. The smallest absolute Gasteiger partial charge is 0.238 e. The van der Waals surface area contributed by atoms with Gasteiger partial charge >= 0.3 is 0 Å². The van der Waals surface area contributed by atoms with E-state index in [9.17, 15) is 16.8 Å². The van der Waals surface area contributed by atoms with Gasteiger partial charge in [-0.2, -0.15) is 0 Å². The van der Waals surface area contributed by atoms with Gasteiger partial charge in [-0.15, -0.1) is 0 Å². The minimum absolute atomic E-state index is 0.0155. The van der Waals surface area contributed by atoms with Crippen molar-refractivity contribution in [3.63, 3.8) is 0 Å². The molecule has 6 nitrogen and oxygen atoms in total. The molecule has 0 aromatic heterocycles. The van der Waals surface area contributed by atoms with Gasteiger partial charge in [0.05, 0.1) is 15.5 Å². The van der Waals surface area contributed by atoms with Crippen LogP contribution in [-0.4, -0.2) is 36.2 Å². The second-order valence-corrected chi connectivity index (χ2v) is 10.9. The number of nitrogens with zero attached hydrogens (tertiary/aromatic N) is 1. The number of hydrogen-bond donors (Lipinski definition) is 1. The molecule has 0 radical (unpaired) electrons. The summed E-state index contributed by atoms with van der Waals surface area (Å²) in [5.41, 5.74) is 1.89. The van der Waals surface area contributed by atoms with Gasteiger partial charge in [0.15, 0.2) is 9.84 Å². The predicted molar refractivity (Wildman–Crippen MR) is 111 cm³/mol. The van der Waals surface area contributed by atoms with Crippen LogP contribution >= 0.6 is 0 Å². The quantitative estimate of drug-likeness (QED) is 0.772. The number of hydrogen-bond acceptors (Lipinski definition) is 5. The topological polar surface area (TPSA) is 97.5 Å². The molecule has 152 valence electrons. The Morgan fingerprint density at radius 2 is 1.64 bits per heavy atom. The van der Waals surface area contributed by atoms with E-state index in [0.29, 0.717) is 11.6 Å². The summed E-state index contributed by atoms with van der Waals surface area (Å²) in [6.07, 6.45) is 5.20. The van der Waals surface area contributed by atoms with E-state index < -0.39 is 19.9 Å². The summed E-state index contributed by atoms with van der Waals surface area (Å²) in [6, 6.07) is 14.5. The largest absolute Gasteiger partial charge is 0.370 e. The molecular weight excluding hydrogens is 396 g/mol. The second-order valence-electron chi connectivity index (χ2n) is 7.40. The monoisotopic (exact) mass is 422 g/mol. The first-order valence-corrected chi connectivity index (χ1v) is 12.7. The van der Waals surface area contributed by atoms with Crippen LogP contribution in [0, 0.1) is 5.92 Å². The van der Waals surface area contributed by atoms with E-state index in [4.69, 9.17) is 5.14 Å². The minimum Gasteiger partial charge on any atom is -0.370 e. The third kappa shape index (κ3) is 5.12. The maximum Gasteiger partial charge on any atom is 0.238 e. The Labute approximate surface area is 167 Å². The number of piperidine rings is 1. The molecule has 0 aliphatic carbocycles. The van der Waals surface area contributed by atoms with Crippen LogP contribution in [0.25, 0.3) is 0 Å². The molecule has 2 aromatic carbocycles. The van der Waals surface area contributed by atoms with Crippen molar-refractivity contribution < 1.29 is 16.8 Å². The first-order chi connectivity index (χ1) is 13.1. The molecule has 2 aromatic rings. The molecule has 28 heavy (non-hydrogen) atoms. The van der Waals surface area contributed by atoms with Crippen LogP contribution in [0.3, 0.4) is 0 Å². The maximum absolute atomic E-state index is 12.2. The Balaban J connectivity index is 1.71. The third-order valence-electron chi connectivity index (χ3n) is 5.30. The number of anilines is 1. The Bertz CT molecular complexity index is 1030. The van der Waals surface area contributed by atoms with Gasteiger partial charge in [0.25, 0.3) is 0 Å². The molecule has 1 aliphatic heterocycles. The van der Waals surface area contributed by atoms with E-state index in [0.717, 1.165) is 45.0 Å². The van der Waals surface area contributed by atoms with Gasteiger partial charge in [-0.05, 0) is 55.4 Å². The number of sulfonamides is 1. The van der Waals surface area contributed by atoms with Crippen LogP contribution in [0.4, 0.5) is 5.69 Å². The van der Waals surface area contributed by atoms with E-state index in [1.54, 1.807) is 6.07 Å². The van der Waals surface area contributed by atoms with Gasteiger partial charge in [-0.1, -0.05) is 30.3 Å². The average Bonchev–Trinajstić information content (AvgIpc) is 2.66. The van der Waals surface area contributed by atoms with Crippen LogP contribution in [0.15, 0.2) is 58.3 Å². The lowest BCUT2D eigenvalue weighted by Gasteiger charge is -2.34. The SMILES string of the molecule is CS(=O)(=O)c1cc(S(N)(=O)=O)ccc1N1CCC(CCc2ccccc2)CC1. The summed E-state index contributed by atoms with van der Waals surface area (Å²) in [5.74, 6) is 0.599. The first-order valence-electron chi connectivity index (χ1n) is 9.30. The predicted octanol–water partition coefficient (Wildman–Crippen LogP) is 2.59. The highest BCUT2D eigenvalue weighted by Gasteiger charge is 2.25. The van der Waals surface area contributed by atoms with Crippen LogP contribution < -0.4 is 10.0 Å². The summed E-state index contributed by atoms with van der Waals surface area (Å²) < 4.78 is 47.7. The fourth-order valence-corrected chi connectivity index (χ4v) is 5.24. The fraction of sp³-hybridized carbons (Fsp3) is 0.400. The molecule has 0 bridgehead atoms. The molecule has 1 saturated heterocycles. The fourth-order valence-electron chi connectivity index (χ4n) is 3.71. The molecule has 1 aliphatic rings. The average molecular weight is 423 g/mol. The van der Waals surface area contributed by atoms with Crippen LogP contribution in [0.5, 0.6) is 0 Å². The third-order valence-corrected chi connectivity index (χ3v) is 7.34. The van der Waals surface area contributed by atoms with Gasteiger partial charge < -0.3 is 4.90 Å². The highest BCUT2D eigenvalue weighted by atomic mass is 32.2. The zero-order valence-electron chi connectivity index (χ0n) is 15.9. The van der Waals surface area contributed by atoms with Crippen LogP contribution in [-0.2, 0) is 26.3 Å². The Morgan fingerprint density at radius 3 is 2.21 bits per heavy atom. The van der Waals surface area contributed by atoms with Crippen molar-refractivity contribution in [3.8, 4) is 0 Å². The molecule has 8 heteroatoms. The van der Waals surface area contributed by atoms with E-state index in [1.807, 2.05) is 11.0 Å². The van der Waals surface area contributed by atoms with Gasteiger partial charge in [0, 0.05) is 19.3 Å². The highest BCUT2D eigenvalue weighted by Crippen LogP contribution is 2.32. The second kappa shape index (κ2) is 8.23. The summed E-state index contributed by atoms with van der Waals surface area (Å²) in [4.78, 5) is 1.86. The van der Waals surface area contributed by atoms with Gasteiger partial charge in [-0.3, -0.25) is 0 Å². The lowest BCUT2D eigenvalue weighted by Crippen LogP contribution is -2.34. The van der Waals surface area contributed by atoms with Crippen molar-refractivity contribution >= 4 is 25.5 Å². The Morgan fingerprint density at radius 1 is 1.00 bits per heavy atom. The van der Waals surface area contributed by atoms with Gasteiger partial charge in [-0.25, -0.2) is 22.0 Å². The van der Waals surface area contributed by atoms with Gasteiger partial charge in [0.2, 0.25) is 10.0 Å². The number of aryl methyl sites for hydroxylation is 1. The molecule has 0 unspecified atom stereocenters. The summed E-state index contributed by atoms with van der Waals surface area (Å²) in [7, 11) is -7.55. The summed E-state index contributed by atoms with van der Waals surface area (Å²) in [6.45, 7) is 1.49. The normalized spacial score (nSPS) is 16.3. The van der Waals surface area contributed by atoms with E-state index in [1.165, 1.54) is 17.7 Å². The molecule has 0 spiro atoms.